The Morgan fingerprint density at radius 2 is 2.33 bits per heavy atom. The van der Waals surface area contributed by atoms with Crippen LogP contribution in [0.2, 0.25) is 0 Å². The summed E-state index contributed by atoms with van der Waals surface area (Å²) in [6, 6.07) is 2.34. The minimum absolute atomic E-state index is 0.0601. The number of piperidine rings is 2. The Hall–Kier alpha value is -1.40. The van der Waals surface area contributed by atoms with Crippen LogP contribution in [-0.2, 0) is 0 Å². The van der Waals surface area contributed by atoms with Gasteiger partial charge in [-0.3, -0.25) is 9.48 Å². The van der Waals surface area contributed by atoms with Gasteiger partial charge >= 0.3 is 0 Å². The van der Waals surface area contributed by atoms with Crippen LogP contribution in [0.5, 0.6) is 0 Å². The van der Waals surface area contributed by atoms with Gasteiger partial charge in [-0.1, -0.05) is 6.92 Å². The van der Waals surface area contributed by atoms with Crippen LogP contribution in [0.3, 0.4) is 0 Å². The highest BCUT2D eigenvalue weighted by Gasteiger charge is 2.21. The molecule has 2 fully saturated rings. The van der Waals surface area contributed by atoms with Crippen LogP contribution < -0.4 is 10.6 Å². The van der Waals surface area contributed by atoms with Crippen LogP contribution in [0.15, 0.2) is 12.3 Å². The van der Waals surface area contributed by atoms with Gasteiger partial charge in [-0.25, -0.2) is 0 Å². The minimum atomic E-state index is -0.0601. The number of hydrogen-bond acceptors (Lipinski definition) is 4. The van der Waals surface area contributed by atoms with Crippen molar-refractivity contribution < 1.29 is 4.79 Å². The number of rotatable bonds is 5. The lowest BCUT2D eigenvalue weighted by Gasteiger charge is -2.32. The third-order valence-corrected chi connectivity index (χ3v) is 5.14. The highest BCUT2D eigenvalue weighted by atomic mass is 16.2. The Balaban J connectivity index is 1.50. The molecule has 134 valence electrons. The van der Waals surface area contributed by atoms with E-state index >= 15 is 0 Å². The highest BCUT2D eigenvalue weighted by molar-refractivity contribution is 5.92. The summed E-state index contributed by atoms with van der Waals surface area (Å²) >= 11 is 0. The molecule has 3 heterocycles. The number of carbonyl (C=O) groups is 1. The van der Waals surface area contributed by atoms with Gasteiger partial charge in [-0.05, 0) is 57.7 Å². The van der Waals surface area contributed by atoms with E-state index in [0.29, 0.717) is 11.7 Å². The largest absolute Gasteiger partial charge is 0.347 e. The van der Waals surface area contributed by atoms with Crippen molar-refractivity contribution in [1.29, 1.82) is 0 Å². The van der Waals surface area contributed by atoms with Crippen LogP contribution >= 0.6 is 0 Å². The Kier molecular flexibility index (Phi) is 5.89. The predicted octanol–water partition coefficient (Wildman–Crippen LogP) is 1.66. The van der Waals surface area contributed by atoms with Crippen LogP contribution in [0, 0.1) is 5.92 Å². The number of amides is 1. The zero-order valence-corrected chi connectivity index (χ0v) is 15.0. The molecule has 0 aromatic carbocycles. The zero-order valence-electron chi connectivity index (χ0n) is 15.0. The van der Waals surface area contributed by atoms with E-state index in [2.05, 4.69) is 34.5 Å². The first-order valence-corrected chi connectivity index (χ1v) is 9.41. The third-order valence-electron chi connectivity index (χ3n) is 5.14. The van der Waals surface area contributed by atoms with Crippen LogP contribution in [0.4, 0.5) is 0 Å². The second-order valence-electron chi connectivity index (χ2n) is 7.56. The Bertz CT molecular complexity index is 537. The molecule has 1 aromatic heterocycles. The number of nitrogens with one attached hydrogen (secondary N) is 2. The summed E-state index contributed by atoms with van der Waals surface area (Å²) in [6.45, 7) is 9.62. The summed E-state index contributed by atoms with van der Waals surface area (Å²) in [6.07, 6.45) is 6.81. The summed E-state index contributed by atoms with van der Waals surface area (Å²) in [5.74, 6) is 0.705. The van der Waals surface area contributed by atoms with Gasteiger partial charge in [-0.15, -0.1) is 0 Å². The molecule has 3 rings (SSSR count). The summed E-state index contributed by atoms with van der Waals surface area (Å²) in [4.78, 5) is 14.9. The maximum absolute atomic E-state index is 12.4. The lowest BCUT2D eigenvalue weighted by molar-refractivity contribution is 0.0913. The van der Waals surface area contributed by atoms with Crippen LogP contribution in [-0.4, -0.2) is 59.4 Å². The molecule has 2 aliphatic heterocycles. The van der Waals surface area contributed by atoms with E-state index in [0.717, 1.165) is 51.5 Å². The van der Waals surface area contributed by atoms with Gasteiger partial charge in [0.15, 0.2) is 0 Å². The molecule has 2 aliphatic rings. The van der Waals surface area contributed by atoms with Crippen molar-refractivity contribution in [2.24, 2.45) is 5.92 Å². The molecule has 2 N–H and O–H groups in total. The molecular weight excluding hydrogens is 302 g/mol. The van der Waals surface area contributed by atoms with E-state index in [1.165, 1.54) is 12.8 Å². The van der Waals surface area contributed by atoms with Crippen molar-refractivity contribution in [2.75, 3.05) is 32.7 Å². The molecule has 3 atom stereocenters. The molecule has 2 saturated heterocycles. The lowest BCUT2D eigenvalue weighted by atomic mass is 10.00. The Morgan fingerprint density at radius 1 is 1.46 bits per heavy atom. The van der Waals surface area contributed by atoms with Gasteiger partial charge in [0, 0.05) is 31.9 Å². The van der Waals surface area contributed by atoms with Gasteiger partial charge < -0.3 is 15.5 Å². The summed E-state index contributed by atoms with van der Waals surface area (Å²) in [7, 11) is 0. The molecule has 0 saturated carbocycles. The Labute approximate surface area is 145 Å². The average molecular weight is 333 g/mol. The van der Waals surface area contributed by atoms with Gasteiger partial charge in [0.25, 0.3) is 5.91 Å². The van der Waals surface area contributed by atoms with Crippen molar-refractivity contribution >= 4 is 5.91 Å². The maximum atomic E-state index is 12.4. The molecule has 0 bridgehead atoms. The summed E-state index contributed by atoms with van der Waals surface area (Å²) < 4.78 is 1.94. The number of aromatic nitrogens is 2. The molecule has 6 heteroatoms. The fourth-order valence-corrected chi connectivity index (χ4v) is 3.90. The van der Waals surface area contributed by atoms with E-state index in [1.54, 1.807) is 0 Å². The molecule has 1 aromatic rings. The van der Waals surface area contributed by atoms with E-state index in [1.807, 2.05) is 16.9 Å². The van der Waals surface area contributed by atoms with E-state index in [9.17, 15) is 4.79 Å². The number of nitrogens with zero attached hydrogens (tertiary/aromatic N) is 3. The summed E-state index contributed by atoms with van der Waals surface area (Å²) in [5, 5.41) is 11.0. The molecule has 6 nitrogen and oxygen atoms in total. The first-order chi connectivity index (χ1) is 11.6. The smallest absolute Gasteiger partial charge is 0.272 e. The van der Waals surface area contributed by atoms with E-state index in [-0.39, 0.29) is 11.9 Å². The topological polar surface area (TPSA) is 62.2 Å². The van der Waals surface area contributed by atoms with Crippen molar-refractivity contribution in [3.63, 3.8) is 0 Å². The molecule has 0 radical (unpaired) electrons. The second kappa shape index (κ2) is 8.12. The molecular formula is C18H31N5O. The molecule has 1 amide bonds. The number of hydrogen-bond donors (Lipinski definition) is 2. The average Bonchev–Trinajstić information content (AvgIpc) is 3.05. The molecule has 0 spiro atoms. The van der Waals surface area contributed by atoms with Gasteiger partial charge in [-0.2, -0.15) is 5.10 Å². The fraction of sp³-hybridized carbons (Fsp3) is 0.778. The van der Waals surface area contributed by atoms with E-state index in [4.69, 9.17) is 0 Å². The predicted molar refractivity (Wildman–Crippen MR) is 95.1 cm³/mol. The standard InChI is InChI=1S/C18H31N5O/c1-14-5-4-9-22(12-14)13-15(2)20-18(24)17-7-10-23(21-17)16-6-3-8-19-11-16/h7,10,14-16,19H,3-6,8-9,11-13H2,1-2H3,(H,20,24). The van der Waals surface area contributed by atoms with Crippen LogP contribution in [0.25, 0.3) is 0 Å². The van der Waals surface area contributed by atoms with E-state index < -0.39 is 0 Å². The third kappa shape index (κ3) is 4.57. The zero-order chi connectivity index (χ0) is 16.9. The monoisotopic (exact) mass is 333 g/mol. The molecule has 0 aliphatic carbocycles. The number of likely N-dealkylation sites (tertiary alicyclic amines) is 1. The van der Waals surface area contributed by atoms with Gasteiger partial charge in [0.05, 0.1) is 6.04 Å². The summed E-state index contributed by atoms with van der Waals surface area (Å²) in [5.41, 5.74) is 0.527. The maximum Gasteiger partial charge on any atom is 0.272 e. The van der Waals surface area contributed by atoms with Crippen molar-refractivity contribution in [2.45, 2.75) is 51.6 Å². The highest BCUT2D eigenvalue weighted by Crippen LogP contribution is 2.17. The van der Waals surface area contributed by atoms with Crippen molar-refractivity contribution in [3.8, 4) is 0 Å². The van der Waals surface area contributed by atoms with Gasteiger partial charge in [0.1, 0.15) is 5.69 Å². The lowest BCUT2D eigenvalue weighted by Crippen LogP contribution is -2.45. The molecule has 24 heavy (non-hydrogen) atoms. The second-order valence-corrected chi connectivity index (χ2v) is 7.56. The normalized spacial score (nSPS) is 26.9. The minimum Gasteiger partial charge on any atom is -0.347 e. The Morgan fingerprint density at radius 3 is 3.08 bits per heavy atom. The molecule has 3 unspecified atom stereocenters. The first-order valence-electron chi connectivity index (χ1n) is 9.41. The van der Waals surface area contributed by atoms with Crippen molar-refractivity contribution in [1.82, 2.24) is 25.3 Å². The van der Waals surface area contributed by atoms with Crippen LogP contribution in [0.1, 0.15) is 56.1 Å². The van der Waals surface area contributed by atoms with Crippen molar-refractivity contribution in [3.05, 3.63) is 18.0 Å². The quantitative estimate of drug-likeness (QED) is 0.860. The SMILES string of the molecule is CC1CCCN(CC(C)NC(=O)c2ccn(C3CCCNC3)n2)C1. The number of carbonyl (C=O) groups excluding carboxylic acids is 1. The van der Waals surface area contributed by atoms with Gasteiger partial charge in [0.2, 0.25) is 0 Å². The first kappa shape index (κ1) is 17.4. The fourth-order valence-electron chi connectivity index (χ4n) is 3.90.